The third kappa shape index (κ3) is 9.59. The van der Waals surface area contributed by atoms with E-state index < -0.39 is 21.8 Å². The van der Waals surface area contributed by atoms with Crippen LogP contribution < -0.4 is 5.73 Å². The van der Waals surface area contributed by atoms with Crippen molar-refractivity contribution in [1.82, 2.24) is 0 Å². The molecule has 0 bridgehead atoms. The molecule has 5 nitrogen and oxygen atoms in total. The Hall–Kier alpha value is -1.92. The monoisotopic (exact) mass is 311 g/mol. The van der Waals surface area contributed by atoms with Crippen LogP contribution in [0, 0.1) is 0 Å². The van der Waals surface area contributed by atoms with Crippen molar-refractivity contribution in [1.29, 1.82) is 0 Å². The van der Waals surface area contributed by atoms with E-state index in [1.807, 2.05) is 30.3 Å². The molecule has 1 rings (SSSR count). The second kappa shape index (κ2) is 9.90. The molecule has 0 aliphatic rings. The first-order valence-electron chi connectivity index (χ1n) is 6.27. The van der Waals surface area contributed by atoms with Crippen molar-refractivity contribution in [3.05, 3.63) is 61.2 Å². The summed E-state index contributed by atoms with van der Waals surface area (Å²) in [4.78, 5) is 10.4. The molecule has 0 saturated heterocycles. The van der Waals surface area contributed by atoms with Gasteiger partial charge >= 0.3 is 5.97 Å². The quantitative estimate of drug-likeness (QED) is 0.742. The standard InChI is InChI=1S/C9H11NO2.C6H10O2S/c10-8(9(11)12)6-7-4-2-1-3-5-7;1-3-5-9(7,8)6-4-2/h1-5,8H,6,10H2,(H,11,12);3-4H,1-2,5-6H2/t8-;/m0./s1. The predicted octanol–water partition coefficient (Wildman–Crippen LogP) is 1.41. The Bertz CT molecular complexity index is 536. The van der Waals surface area contributed by atoms with E-state index in [9.17, 15) is 13.2 Å². The Kier molecular flexibility index (Phi) is 9.00. The molecule has 3 N–H and O–H groups in total. The minimum atomic E-state index is -2.92. The summed E-state index contributed by atoms with van der Waals surface area (Å²) in [5, 5.41) is 8.52. The summed E-state index contributed by atoms with van der Waals surface area (Å²) in [6.07, 6.45) is 3.13. The van der Waals surface area contributed by atoms with Crippen molar-refractivity contribution in [2.45, 2.75) is 12.5 Å². The lowest BCUT2D eigenvalue weighted by molar-refractivity contribution is -0.138. The first-order valence-corrected chi connectivity index (χ1v) is 8.09. The van der Waals surface area contributed by atoms with E-state index in [0.717, 1.165) is 5.56 Å². The Morgan fingerprint density at radius 3 is 2.05 bits per heavy atom. The minimum Gasteiger partial charge on any atom is -0.480 e. The molecule has 116 valence electrons. The van der Waals surface area contributed by atoms with Gasteiger partial charge in [-0.3, -0.25) is 4.79 Å². The van der Waals surface area contributed by atoms with Gasteiger partial charge in [-0.1, -0.05) is 42.5 Å². The van der Waals surface area contributed by atoms with Crippen LogP contribution >= 0.6 is 0 Å². The fourth-order valence-corrected chi connectivity index (χ4v) is 2.24. The fraction of sp³-hybridized carbons (Fsp3) is 0.267. The van der Waals surface area contributed by atoms with Crippen molar-refractivity contribution in [3.8, 4) is 0 Å². The predicted molar refractivity (Wildman–Crippen MR) is 84.8 cm³/mol. The maximum Gasteiger partial charge on any atom is 0.320 e. The van der Waals surface area contributed by atoms with Crippen LogP contribution in [0.25, 0.3) is 0 Å². The van der Waals surface area contributed by atoms with E-state index in [-0.39, 0.29) is 11.5 Å². The van der Waals surface area contributed by atoms with Gasteiger partial charge < -0.3 is 10.8 Å². The van der Waals surface area contributed by atoms with Gasteiger partial charge in [-0.15, -0.1) is 13.2 Å². The van der Waals surface area contributed by atoms with Crippen LogP contribution in [-0.2, 0) is 21.1 Å². The summed E-state index contributed by atoms with van der Waals surface area (Å²) < 4.78 is 21.4. The van der Waals surface area contributed by atoms with Crippen LogP contribution in [0.4, 0.5) is 0 Å². The van der Waals surface area contributed by atoms with Crippen LogP contribution in [0.3, 0.4) is 0 Å². The smallest absolute Gasteiger partial charge is 0.320 e. The number of rotatable bonds is 7. The van der Waals surface area contributed by atoms with Gasteiger partial charge in [0.15, 0.2) is 9.84 Å². The largest absolute Gasteiger partial charge is 0.480 e. The number of benzene rings is 1. The topological polar surface area (TPSA) is 97.5 Å². The molecule has 0 unspecified atom stereocenters. The summed E-state index contributed by atoms with van der Waals surface area (Å²) in [6.45, 7) is 6.63. The van der Waals surface area contributed by atoms with Crippen molar-refractivity contribution >= 4 is 15.8 Å². The number of carboxylic acid groups (broad SMARTS) is 1. The lowest BCUT2D eigenvalue weighted by Crippen LogP contribution is -2.32. The Morgan fingerprint density at radius 2 is 1.67 bits per heavy atom. The Morgan fingerprint density at radius 1 is 1.19 bits per heavy atom. The fourth-order valence-electron chi connectivity index (χ4n) is 1.38. The molecule has 0 fully saturated rings. The van der Waals surface area contributed by atoms with E-state index in [0.29, 0.717) is 6.42 Å². The van der Waals surface area contributed by atoms with Crippen LogP contribution in [0.15, 0.2) is 55.6 Å². The highest BCUT2D eigenvalue weighted by Crippen LogP contribution is 2.01. The number of sulfone groups is 1. The highest BCUT2D eigenvalue weighted by molar-refractivity contribution is 7.91. The molecule has 0 saturated carbocycles. The third-order valence-electron chi connectivity index (χ3n) is 2.36. The third-order valence-corrected chi connectivity index (χ3v) is 3.85. The number of hydrogen-bond acceptors (Lipinski definition) is 4. The molecule has 0 spiro atoms. The molecule has 0 heterocycles. The van der Waals surface area contributed by atoms with Gasteiger partial charge in [-0.25, -0.2) is 8.42 Å². The van der Waals surface area contributed by atoms with E-state index in [4.69, 9.17) is 10.8 Å². The second-order valence-electron chi connectivity index (χ2n) is 4.29. The highest BCUT2D eigenvalue weighted by atomic mass is 32.2. The van der Waals surface area contributed by atoms with Gasteiger partial charge in [0.05, 0.1) is 11.5 Å². The zero-order valence-corrected chi connectivity index (χ0v) is 12.6. The van der Waals surface area contributed by atoms with Crippen molar-refractivity contribution in [2.24, 2.45) is 5.73 Å². The van der Waals surface area contributed by atoms with Gasteiger partial charge in [0, 0.05) is 0 Å². The second-order valence-corrected chi connectivity index (χ2v) is 6.44. The van der Waals surface area contributed by atoms with Gasteiger partial charge in [-0.05, 0) is 12.0 Å². The number of carboxylic acids is 1. The average Bonchev–Trinajstić information content (AvgIpc) is 2.40. The molecule has 1 atom stereocenters. The van der Waals surface area contributed by atoms with Crippen molar-refractivity contribution in [2.75, 3.05) is 11.5 Å². The van der Waals surface area contributed by atoms with E-state index >= 15 is 0 Å². The molecule has 0 amide bonds. The minimum absolute atomic E-state index is 0.0407. The first kappa shape index (κ1) is 19.1. The van der Waals surface area contributed by atoms with Crippen LogP contribution in [0.5, 0.6) is 0 Å². The van der Waals surface area contributed by atoms with E-state index in [1.54, 1.807) is 0 Å². The normalized spacial score (nSPS) is 11.7. The average molecular weight is 311 g/mol. The lowest BCUT2D eigenvalue weighted by Gasteiger charge is -2.04. The molecular weight excluding hydrogens is 290 g/mol. The van der Waals surface area contributed by atoms with E-state index in [2.05, 4.69) is 13.2 Å². The van der Waals surface area contributed by atoms with Crippen LogP contribution in [-0.4, -0.2) is 37.0 Å². The number of hydrogen-bond donors (Lipinski definition) is 2. The summed E-state index contributed by atoms with van der Waals surface area (Å²) in [7, 11) is -2.92. The van der Waals surface area contributed by atoms with Crippen molar-refractivity contribution < 1.29 is 18.3 Å². The SMILES string of the molecule is C=CCS(=O)(=O)CC=C.N[C@@H](Cc1ccccc1)C(=O)O. The zero-order chi connectivity index (χ0) is 16.3. The Labute approximate surface area is 125 Å². The first-order chi connectivity index (χ1) is 9.82. The highest BCUT2D eigenvalue weighted by Gasteiger charge is 2.10. The molecule has 21 heavy (non-hydrogen) atoms. The van der Waals surface area contributed by atoms with Gasteiger partial charge in [-0.2, -0.15) is 0 Å². The number of aliphatic carboxylic acids is 1. The van der Waals surface area contributed by atoms with Crippen molar-refractivity contribution in [3.63, 3.8) is 0 Å². The molecule has 0 aliphatic heterocycles. The summed E-state index contributed by atoms with van der Waals surface area (Å²) >= 11 is 0. The molecule has 0 radical (unpaired) electrons. The summed E-state index contributed by atoms with van der Waals surface area (Å²) in [5.41, 5.74) is 6.30. The van der Waals surface area contributed by atoms with Gasteiger partial charge in [0.25, 0.3) is 0 Å². The molecule has 1 aromatic carbocycles. The van der Waals surface area contributed by atoms with Gasteiger partial charge in [0.2, 0.25) is 0 Å². The summed E-state index contributed by atoms with van der Waals surface area (Å²) in [6, 6.07) is 8.54. The molecule has 0 aliphatic carbocycles. The summed E-state index contributed by atoms with van der Waals surface area (Å²) in [5.74, 6) is -0.878. The number of nitrogens with two attached hydrogens (primary N) is 1. The molecule has 6 heteroatoms. The van der Waals surface area contributed by atoms with Crippen LogP contribution in [0.1, 0.15) is 5.56 Å². The zero-order valence-electron chi connectivity index (χ0n) is 11.8. The van der Waals surface area contributed by atoms with Crippen LogP contribution in [0.2, 0.25) is 0 Å². The maximum atomic E-state index is 10.7. The Balaban J connectivity index is 0.000000400. The lowest BCUT2D eigenvalue weighted by atomic mass is 10.1. The molecule has 0 aromatic heterocycles. The maximum absolute atomic E-state index is 10.7. The number of carbonyl (C=O) groups is 1. The van der Waals surface area contributed by atoms with E-state index in [1.165, 1.54) is 12.2 Å². The van der Waals surface area contributed by atoms with Gasteiger partial charge in [0.1, 0.15) is 6.04 Å². The molecule has 1 aromatic rings. The molecular formula is C15H21NO4S.